The second kappa shape index (κ2) is 3.27. The molecule has 1 aromatic carbocycles. The summed E-state index contributed by atoms with van der Waals surface area (Å²) in [7, 11) is 0. The van der Waals surface area contributed by atoms with Gasteiger partial charge in [-0.25, -0.2) is 0 Å². The van der Waals surface area contributed by atoms with Gasteiger partial charge in [0.05, 0.1) is 0 Å². The van der Waals surface area contributed by atoms with Crippen LogP contribution in [0.1, 0.15) is 17.4 Å². The summed E-state index contributed by atoms with van der Waals surface area (Å²) in [6.07, 6.45) is 0. The van der Waals surface area contributed by atoms with Gasteiger partial charge >= 0.3 is 0 Å². The maximum absolute atomic E-state index is 11.1. The second-order valence-corrected chi connectivity index (χ2v) is 4.34. The zero-order valence-corrected chi connectivity index (χ0v) is 9.62. The minimum atomic E-state index is -0.159. The average molecular weight is 301 g/mol. The Kier molecular flexibility index (Phi) is 2.22. The molecule has 0 atom stereocenters. The number of carbonyl (C=O) groups excluding carboxylic acids is 1. The summed E-state index contributed by atoms with van der Waals surface area (Å²) in [6.45, 7) is 1.43. The monoisotopic (exact) mass is 301 g/mol. The largest absolute Gasteiger partial charge is 0.505 e. The van der Waals surface area contributed by atoms with Crippen molar-refractivity contribution in [3.05, 3.63) is 27.5 Å². The predicted octanol–water partition coefficient (Wildman–Crippen LogP) is 2.68. The minimum Gasteiger partial charge on any atom is -0.505 e. The summed E-state index contributed by atoms with van der Waals surface area (Å²) in [6, 6.07) is 5.61. The molecule has 0 saturated heterocycles. The number of aromatic amines is 1. The molecule has 14 heavy (non-hydrogen) atoms. The Labute approximate surface area is 94.3 Å². The van der Waals surface area contributed by atoms with E-state index in [1.165, 1.54) is 6.92 Å². The molecule has 0 aliphatic carbocycles. The van der Waals surface area contributed by atoms with Gasteiger partial charge in [-0.15, -0.1) is 0 Å². The van der Waals surface area contributed by atoms with Gasteiger partial charge in [0.1, 0.15) is 5.69 Å². The molecule has 2 rings (SSSR count). The molecule has 0 spiro atoms. The van der Waals surface area contributed by atoms with Crippen molar-refractivity contribution < 1.29 is 9.90 Å². The Morgan fingerprint density at radius 1 is 1.50 bits per heavy atom. The Balaban J connectivity index is 2.80. The molecule has 0 amide bonds. The van der Waals surface area contributed by atoms with Gasteiger partial charge in [0.25, 0.3) is 0 Å². The Morgan fingerprint density at radius 2 is 2.21 bits per heavy atom. The van der Waals surface area contributed by atoms with Crippen molar-refractivity contribution in [2.45, 2.75) is 6.92 Å². The fraction of sp³-hybridized carbons (Fsp3) is 0.100. The lowest BCUT2D eigenvalue weighted by atomic mass is 10.2. The lowest BCUT2D eigenvalue weighted by Gasteiger charge is -1.91. The molecule has 0 aliphatic rings. The zero-order chi connectivity index (χ0) is 10.3. The number of aromatic hydroxyl groups is 1. The van der Waals surface area contributed by atoms with E-state index >= 15 is 0 Å². The van der Waals surface area contributed by atoms with Crippen LogP contribution < -0.4 is 0 Å². The van der Waals surface area contributed by atoms with Crippen LogP contribution in [0.5, 0.6) is 5.75 Å². The van der Waals surface area contributed by atoms with Crippen LogP contribution in [0.4, 0.5) is 0 Å². The molecule has 4 heteroatoms. The fourth-order valence-corrected chi connectivity index (χ4v) is 1.90. The van der Waals surface area contributed by atoms with Gasteiger partial charge in [0.15, 0.2) is 11.5 Å². The van der Waals surface area contributed by atoms with Crippen molar-refractivity contribution in [2.24, 2.45) is 0 Å². The van der Waals surface area contributed by atoms with Crippen molar-refractivity contribution in [1.29, 1.82) is 0 Å². The van der Waals surface area contributed by atoms with Crippen LogP contribution in [0.25, 0.3) is 10.9 Å². The number of ketones is 1. The smallest absolute Gasteiger partial charge is 0.179 e. The van der Waals surface area contributed by atoms with Gasteiger partial charge < -0.3 is 10.1 Å². The van der Waals surface area contributed by atoms with Crippen molar-refractivity contribution in [3.8, 4) is 5.75 Å². The molecular formula is C10H8INO2. The maximum Gasteiger partial charge on any atom is 0.179 e. The molecule has 1 aromatic heterocycles. The van der Waals surface area contributed by atoms with Gasteiger partial charge in [-0.2, -0.15) is 0 Å². The van der Waals surface area contributed by atoms with Crippen LogP contribution in [0.2, 0.25) is 0 Å². The van der Waals surface area contributed by atoms with Crippen LogP contribution in [0.15, 0.2) is 18.2 Å². The van der Waals surface area contributed by atoms with Crippen molar-refractivity contribution in [1.82, 2.24) is 4.98 Å². The fourth-order valence-electron chi connectivity index (χ4n) is 1.40. The van der Waals surface area contributed by atoms with E-state index in [-0.39, 0.29) is 17.2 Å². The third kappa shape index (κ3) is 1.39. The van der Waals surface area contributed by atoms with E-state index in [9.17, 15) is 9.90 Å². The van der Waals surface area contributed by atoms with E-state index in [0.29, 0.717) is 5.39 Å². The molecule has 2 N–H and O–H groups in total. The van der Waals surface area contributed by atoms with Crippen molar-refractivity contribution in [3.63, 3.8) is 0 Å². The molecule has 0 fully saturated rings. The lowest BCUT2D eigenvalue weighted by molar-refractivity contribution is 0.101. The number of H-pyrrole nitrogens is 1. The first-order valence-corrected chi connectivity index (χ1v) is 5.18. The molecular weight excluding hydrogens is 293 g/mol. The number of fused-ring (bicyclic) bond motifs is 1. The number of rotatable bonds is 1. The average Bonchev–Trinajstić information content (AvgIpc) is 2.44. The van der Waals surface area contributed by atoms with Crippen LogP contribution in [0.3, 0.4) is 0 Å². The second-order valence-electron chi connectivity index (χ2n) is 3.09. The highest BCUT2D eigenvalue weighted by Gasteiger charge is 2.13. The molecule has 1 heterocycles. The van der Waals surface area contributed by atoms with E-state index < -0.39 is 0 Å². The molecule has 72 valence electrons. The molecule has 0 bridgehead atoms. The third-order valence-electron chi connectivity index (χ3n) is 2.09. The molecule has 0 unspecified atom stereocenters. The molecule has 0 aliphatic heterocycles. The SMILES string of the molecule is CC(=O)c1[nH]c2ccc(I)cc2c1O. The van der Waals surface area contributed by atoms with Crippen molar-refractivity contribution >= 4 is 39.3 Å². The number of carbonyl (C=O) groups is 1. The first kappa shape index (κ1) is 9.51. The number of halogens is 1. The van der Waals surface area contributed by atoms with E-state index in [1.807, 2.05) is 18.2 Å². The standard InChI is InChI=1S/C10H8INO2/c1-5(13)9-10(14)7-4-6(11)2-3-8(7)12-9/h2-4,12,14H,1H3. The third-order valence-corrected chi connectivity index (χ3v) is 2.76. The summed E-state index contributed by atoms with van der Waals surface area (Å²) in [5.41, 5.74) is 1.06. The van der Waals surface area contributed by atoms with Gasteiger partial charge in [-0.3, -0.25) is 4.79 Å². The molecule has 0 radical (unpaired) electrons. The summed E-state index contributed by atoms with van der Waals surface area (Å²) in [5, 5.41) is 10.4. The van der Waals surface area contributed by atoms with Gasteiger partial charge in [-0.1, -0.05) is 0 Å². The highest BCUT2D eigenvalue weighted by molar-refractivity contribution is 14.1. The summed E-state index contributed by atoms with van der Waals surface area (Å²) in [5.74, 6) is -0.111. The molecule has 3 nitrogen and oxygen atoms in total. The number of hydrogen-bond donors (Lipinski definition) is 2. The zero-order valence-electron chi connectivity index (χ0n) is 7.47. The Morgan fingerprint density at radius 3 is 2.86 bits per heavy atom. The van der Waals surface area contributed by atoms with E-state index in [2.05, 4.69) is 27.6 Å². The first-order chi connectivity index (χ1) is 6.59. The normalized spacial score (nSPS) is 10.7. The van der Waals surface area contributed by atoms with E-state index in [1.54, 1.807) is 0 Å². The number of benzene rings is 1. The van der Waals surface area contributed by atoms with Crippen LogP contribution in [-0.4, -0.2) is 15.9 Å². The Bertz CT molecular complexity index is 516. The van der Waals surface area contributed by atoms with Crippen molar-refractivity contribution in [2.75, 3.05) is 0 Å². The van der Waals surface area contributed by atoms with Gasteiger partial charge in [-0.05, 0) is 40.8 Å². The summed E-state index contributed by atoms with van der Waals surface area (Å²) in [4.78, 5) is 14.0. The van der Waals surface area contributed by atoms with Gasteiger partial charge in [0, 0.05) is 21.4 Å². The molecule has 2 aromatic rings. The summed E-state index contributed by atoms with van der Waals surface area (Å²) >= 11 is 2.16. The van der Waals surface area contributed by atoms with E-state index in [0.717, 1.165) is 9.09 Å². The van der Waals surface area contributed by atoms with Crippen LogP contribution in [0, 0.1) is 3.57 Å². The quantitative estimate of drug-likeness (QED) is 0.628. The van der Waals surface area contributed by atoms with E-state index in [4.69, 9.17) is 0 Å². The highest BCUT2D eigenvalue weighted by atomic mass is 127. The summed E-state index contributed by atoms with van der Waals surface area (Å²) < 4.78 is 1.03. The van der Waals surface area contributed by atoms with Crippen LogP contribution >= 0.6 is 22.6 Å². The Hall–Kier alpha value is -1.04. The number of hydrogen-bond acceptors (Lipinski definition) is 2. The number of nitrogens with one attached hydrogen (secondary N) is 1. The topological polar surface area (TPSA) is 53.1 Å². The minimum absolute atomic E-state index is 0.0472. The molecule has 0 saturated carbocycles. The predicted molar refractivity (Wildman–Crippen MR) is 62.7 cm³/mol. The van der Waals surface area contributed by atoms with Crippen LogP contribution in [-0.2, 0) is 0 Å². The first-order valence-electron chi connectivity index (χ1n) is 4.10. The maximum atomic E-state index is 11.1. The number of aromatic nitrogens is 1. The lowest BCUT2D eigenvalue weighted by Crippen LogP contribution is -1.91. The van der Waals surface area contributed by atoms with Gasteiger partial charge in [0.2, 0.25) is 0 Å². The highest BCUT2D eigenvalue weighted by Crippen LogP contribution is 2.30. The number of Topliss-reactive ketones (excluding diaryl/α,β-unsaturated/α-hetero) is 1.